The van der Waals surface area contributed by atoms with E-state index in [9.17, 15) is 24.2 Å². The van der Waals surface area contributed by atoms with Gasteiger partial charge in [-0.1, -0.05) is 62.4 Å². The standard InChI is InChI=1S/C31H31FN2O5/c1-19(2)29-28(31(39)33-23-11-7-4-8-12-23)27(20-9-5-3-6-10-20)30(21-13-15-22(32)16-14-21)34(29)25(36)17-24(35)18-26(37)38/h3-16,19,24-25,35-36H,17-18H2,1-2H3,(H,33,39)(H,37,38)/t24-,25-/m0/s1. The summed E-state index contributed by atoms with van der Waals surface area (Å²) < 4.78 is 15.5. The predicted octanol–water partition coefficient (Wildman–Crippen LogP) is 6.05. The number of carbonyl (C=O) groups is 2. The van der Waals surface area contributed by atoms with Gasteiger partial charge < -0.3 is 25.2 Å². The van der Waals surface area contributed by atoms with E-state index in [1.807, 2.05) is 50.2 Å². The Hall–Kier alpha value is -4.27. The number of hydrogen-bond acceptors (Lipinski definition) is 4. The van der Waals surface area contributed by atoms with Gasteiger partial charge in [0.25, 0.3) is 5.91 Å². The monoisotopic (exact) mass is 530 g/mol. The van der Waals surface area contributed by atoms with Crippen LogP contribution in [0.2, 0.25) is 0 Å². The van der Waals surface area contributed by atoms with E-state index < -0.39 is 36.4 Å². The van der Waals surface area contributed by atoms with E-state index in [4.69, 9.17) is 5.11 Å². The maximum absolute atomic E-state index is 14.0. The van der Waals surface area contributed by atoms with E-state index in [1.165, 1.54) is 12.1 Å². The SMILES string of the molecule is CC(C)c1c(C(=O)Nc2ccccc2)c(-c2ccccc2)c(-c2ccc(F)cc2)n1[C@@H](O)C[C@H](O)CC(=O)O. The Bertz CT molecular complexity index is 1430. The Morgan fingerprint density at radius 3 is 2.03 bits per heavy atom. The molecule has 0 aliphatic rings. The molecule has 0 saturated carbocycles. The second-order valence-electron chi connectivity index (χ2n) is 9.67. The highest BCUT2D eigenvalue weighted by atomic mass is 19.1. The van der Waals surface area contributed by atoms with Gasteiger partial charge in [0.15, 0.2) is 0 Å². The molecule has 0 fully saturated rings. The topological polar surface area (TPSA) is 112 Å². The number of aromatic nitrogens is 1. The fourth-order valence-electron chi connectivity index (χ4n) is 4.84. The van der Waals surface area contributed by atoms with Crippen LogP contribution in [-0.4, -0.2) is 37.9 Å². The molecule has 0 spiro atoms. The highest BCUT2D eigenvalue weighted by Gasteiger charge is 2.33. The molecule has 0 bridgehead atoms. The van der Waals surface area contributed by atoms with Crippen LogP contribution in [0.25, 0.3) is 22.4 Å². The highest BCUT2D eigenvalue weighted by molar-refractivity contribution is 6.12. The molecular formula is C31H31FN2O5. The Morgan fingerprint density at radius 1 is 0.872 bits per heavy atom. The van der Waals surface area contributed by atoms with Gasteiger partial charge in [-0.15, -0.1) is 0 Å². The normalized spacial score (nSPS) is 12.8. The van der Waals surface area contributed by atoms with Crippen LogP contribution in [0.4, 0.5) is 10.1 Å². The first-order valence-corrected chi connectivity index (χ1v) is 12.7. The largest absolute Gasteiger partial charge is 0.481 e. The van der Waals surface area contributed by atoms with Crippen LogP contribution in [0.1, 0.15) is 54.9 Å². The first-order valence-electron chi connectivity index (χ1n) is 12.7. The summed E-state index contributed by atoms with van der Waals surface area (Å²) in [5.41, 5.74) is 3.65. The van der Waals surface area contributed by atoms with E-state index in [0.717, 1.165) is 0 Å². The number of carboxylic acids is 1. The van der Waals surface area contributed by atoms with Gasteiger partial charge >= 0.3 is 5.97 Å². The summed E-state index contributed by atoms with van der Waals surface area (Å²) in [6.45, 7) is 3.77. The molecule has 39 heavy (non-hydrogen) atoms. The van der Waals surface area contributed by atoms with Crippen molar-refractivity contribution in [2.45, 2.75) is 44.9 Å². The summed E-state index contributed by atoms with van der Waals surface area (Å²) in [7, 11) is 0. The molecule has 0 radical (unpaired) electrons. The van der Waals surface area contributed by atoms with Crippen molar-refractivity contribution in [3.05, 3.63) is 102 Å². The number of aliphatic carboxylic acids is 1. The molecule has 1 amide bonds. The second-order valence-corrected chi connectivity index (χ2v) is 9.67. The van der Waals surface area contributed by atoms with Crippen molar-refractivity contribution in [2.75, 3.05) is 5.32 Å². The Kier molecular flexibility index (Phi) is 8.59. The molecule has 4 N–H and O–H groups in total. The van der Waals surface area contributed by atoms with Crippen molar-refractivity contribution >= 4 is 17.6 Å². The predicted molar refractivity (Wildman–Crippen MR) is 148 cm³/mol. The maximum Gasteiger partial charge on any atom is 0.305 e. The summed E-state index contributed by atoms with van der Waals surface area (Å²) in [5.74, 6) is -2.31. The fourth-order valence-corrected chi connectivity index (χ4v) is 4.84. The fraction of sp³-hybridized carbons (Fsp3) is 0.226. The molecule has 3 aromatic carbocycles. The first kappa shape index (κ1) is 27.8. The van der Waals surface area contributed by atoms with Crippen molar-refractivity contribution in [1.29, 1.82) is 0 Å². The number of nitrogens with zero attached hydrogens (tertiary/aromatic N) is 1. The van der Waals surface area contributed by atoms with Gasteiger partial charge in [0.2, 0.25) is 0 Å². The van der Waals surface area contributed by atoms with Gasteiger partial charge in [0, 0.05) is 23.4 Å². The minimum atomic E-state index is -1.38. The zero-order chi connectivity index (χ0) is 28.1. The van der Waals surface area contributed by atoms with Crippen LogP contribution in [0.5, 0.6) is 0 Å². The Morgan fingerprint density at radius 2 is 1.46 bits per heavy atom. The molecule has 8 heteroatoms. The summed E-state index contributed by atoms with van der Waals surface area (Å²) in [4.78, 5) is 25.2. The molecular weight excluding hydrogens is 499 g/mol. The molecule has 0 unspecified atom stereocenters. The third-order valence-electron chi connectivity index (χ3n) is 6.42. The van der Waals surface area contributed by atoms with E-state index in [-0.39, 0.29) is 12.3 Å². The number of hydrogen-bond donors (Lipinski definition) is 4. The average molecular weight is 531 g/mol. The summed E-state index contributed by atoms with van der Waals surface area (Å²) in [5, 5.41) is 34.0. The second kappa shape index (κ2) is 12.1. The zero-order valence-corrected chi connectivity index (χ0v) is 21.7. The quantitative estimate of drug-likeness (QED) is 0.199. The Labute approximate surface area is 226 Å². The number of aliphatic hydroxyl groups excluding tert-OH is 2. The summed E-state index contributed by atoms with van der Waals surface area (Å²) in [6.07, 6.45) is -3.54. The molecule has 0 aliphatic carbocycles. The Balaban J connectivity index is 2.03. The molecule has 1 heterocycles. The maximum atomic E-state index is 14.0. The molecule has 4 aromatic rings. The molecule has 1 aromatic heterocycles. The summed E-state index contributed by atoms with van der Waals surface area (Å²) in [6, 6.07) is 23.9. The summed E-state index contributed by atoms with van der Waals surface area (Å²) >= 11 is 0. The van der Waals surface area contributed by atoms with Crippen LogP contribution in [0, 0.1) is 5.82 Å². The van der Waals surface area contributed by atoms with Gasteiger partial charge in [-0.25, -0.2) is 4.39 Å². The van der Waals surface area contributed by atoms with Gasteiger partial charge in [-0.05, 0) is 53.4 Å². The van der Waals surface area contributed by atoms with Gasteiger partial charge in [0.05, 0.1) is 23.8 Å². The minimum absolute atomic E-state index is 0.274. The van der Waals surface area contributed by atoms with Crippen LogP contribution in [-0.2, 0) is 4.79 Å². The molecule has 7 nitrogen and oxygen atoms in total. The number of benzene rings is 3. The lowest BCUT2D eigenvalue weighted by atomic mass is 9.94. The number of para-hydroxylation sites is 1. The number of rotatable bonds is 10. The minimum Gasteiger partial charge on any atom is -0.481 e. The van der Waals surface area contributed by atoms with Gasteiger partial charge in [-0.3, -0.25) is 9.59 Å². The first-order chi connectivity index (χ1) is 18.7. The third kappa shape index (κ3) is 6.25. The van der Waals surface area contributed by atoms with Crippen molar-refractivity contribution in [1.82, 2.24) is 4.57 Å². The van der Waals surface area contributed by atoms with Crippen LogP contribution in [0.3, 0.4) is 0 Å². The van der Waals surface area contributed by atoms with E-state index in [0.29, 0.717) is 39.3 Å². The molecule has 4 rings (SSSR count). The molecule has 202 valence electrons. The lowest BCUT2D eigenvalue weighted by molar-refractivity contribution is -0.139. The molecule has 2 atom stereocenters. The van der Waals surface area contributed by atoms with Crippen molar-refractivity contribution in [3.63, 3.8) is 0 Å². The number of anilines is 1. The van der Waals surface area contributed by atoms with Crippen LogP contribution >= 0.6 is 0 Å². The number of halogens is 1. The van der Waals surface area contributed by atoms with E-state index >= 15 is 0 Å². The van der Waals surface area contributed by atoms with Gasteiger partial charge in [-0.2, -0.15) is 0 Å². The number of carbonyl (C=O) groups excluding carboxylic acids is 1. The number of nitrogens with one attached hydrogen (secondary N) is 1. The van der Waals surface area contributed by atoms with Crippen molar-refractivity contribution < 1.29 is 29.3 Å². The number of carboxylic acid groups (broad SMARTS) is 1. The highest BCUT2D eigenvalue weighted by Crippen LogP contribution is 2.44. The van der Waals surface area contributed by atoms with E-state index in [2.05, 4.69) is 5.32 Å². The lowest BCUT2D eigenvalue weighted by Crippen LogP contribution is -2.23. The molecule has 0 saturated heterocycles. The average Bonchev–Trinajstić information content (AvgIpc) is 3.26. The van der Waals surface area contributed by atoms with Crippen LogP contribution in [0.15, 0.2) is 84.9 Å². The lowest BCUT2D eigenvalue weighted by Gasteiger charge is -2.24. The van der Waals surface area contributed by atoms with E-state index in [1.54, 1.807) is 41.0 Å². The van der Waals surface area contributed by atoms with Crippen molar-refractivity contribution in [2.24, 2.45) is 0 Å². The molecule has 0 aliphatic heterocycles. The van der Waals surface area contributed by atoms with Crippen molar-refractivity contribution in [3.8, 4) is 22.4 Å². The third-order valence-corrected chi connectivity index (χ3v) is 6.42. The zero-order valence-electron chi connectivity index (χ0n) is 21.7. The van der Waals surface area contributed by atoms with Gasteiger partial charge in [0.1, 0.15) is 12.0 Å². The number of aliphatic hydroxyl groups is 2. The van der Waals surface area contributed by atoms with Crippen LogP contribution < -0.4 is 5.32 Å². The smallest absolute Gasteiger partial charge is 0.305 e. The number of amides is 1.